The Morgan fingerprint density at radius 2 is 1.83 bits per heavy atom. The molecule has 1 aliphatic heterocycles. The second kappa shape index (κ2) is 5.93. The number of H-pyrrole nitrogens is 1. The molecular formula is C18H20N4O. The fourth-order valence-electron chi connectivity index (χ4n) is 3.21. The van der Waals surface area contributed by atoms with Crippen LogP contribution >= 0.6 is 0 Å². The van der Waals surface area contributed by atoms with E-state index in [2.05, 4.69) is 32.0 Å². The minimum atomic E-state index is 0.320. The largest absolute Gasteiger partial charge is 0.508 e. The highest BCUT2D eigenvalue weighted by Gasteiger charge is 2.18. The molecule has 0 unspecified atom stereocenters. The Kier molecular flexibility index (Phi) is 3.63. The Morgan fingerprint density at radius 3 is 2.61 bits per heavy atom. The highest BCUT2D eigenvalue weighted by molar-refractivity contribution is 5.79. The van der Waals surface area contributed by atoms with Crippen LogP contribution in [0, 0.1) is 0 Å². The smallest absolute Gasteiger partial charge is 0.137 e. The van der Waals surface area contributed by atoms with Crippen molar-refractivity contribution in [1.29, 1.82) is 0 Å². The van der Waals surface area contributed by atoms with Crippen molar-refractivity contribution in [3.8, 4) is 5.75 Å². The first-order chi connectivity index (χ1) is 11.3. The number of nitrogens with zero attached hydrogens (tertiary/aromatic N) is 3. The molecule has 2 N–H and O–H groups in total. The molecule has 3 heterocycles. The van der Waals surface area contributed by atoms with Crippen LogP contribution in [0.4, 0.5) is 5.69 Å². The number of phenols is 1. The van der Waals surface area contributed by atoms with Crippen LogP contribution in [0.5, 0.6) is 5.75 Å². The molecule has 0 spiro atoms. The van der Waals surface area contributed by atoms with Gasteiger partial charge in [-0.15, -0.1) is 0 Å². The molecule has 118 valence electrons. The number of benzene rings is 1. The molecule has 3 aromatic rings. The van der Waals surface area contributed by atoms with Gasteiger partial charge in [-0.1, -0.05) is 0 Å². The highest BCUT2D eigenvalue weighted by atomic mass is 16.3. The van der Waals surface area contributed by atoms with E-state index in [4.69, 9.17) is 0 Å². The number of rotatable bonds is 3. The van der Waals surface area contributed by atoms with E-state index in [1.54, 1.807) is 12.1 Å². The lowest BCUT2D eigenvalue weighted by atomic mass is 10.2. The van der Waals surface area contributed by atoms with E-state index in [1.807, 2.05) is 24.4 Å². The Balaban J connectivity index is 1.41. The molecule has 0 amide bonds. The van der Waals surface area contributed by atoms with Crippen LogP contribution in [-0.4, -0.2) is 46.2 Å². The van der Waals surface area contributed by atoms with Gasteiger partial charge in [0.2, 0.25) is 0 Å². The van der Waals surface area contributed by atoms with Crippen LogP contribution in [0.3, 0.4) is 0 Å². The van der Waals surface area contributed by atoms with E-state index in [9.17, 15) is 5.11 Å². The zero-order chi connectivity index (χ0) is 15.6. The number of phenolic OH excluding ortho intramolecular Hbond substituents is 1. The van der Waals surface area contributed by atoms with Crippen LogP contribution in [0.2, 0.25) is 0 Å². The number of piperazine rings is 1. The van der Waals surface area contributed by atoms with Gasteiger partial charge in [0.25, 0.3) is 0 Å². The van der Waals surface area contributed by atoms with E-state index in [-0.39, 0.29) is 0 Å². The lowest BCUT2D eigenvalue weighted by molar-refractivity contribution is 0.250. The fraction of sp³-hybridized carbons (Fsp3) is 0.278. The molecule has 2 aromatic heterocycles. The SMILES string of the molecule is Oc1ccc(N2CCN(Cc3c[nH]c4ncccc34)CC2)cc1. The maximum absolute atomic E-state index is 9.39. The van der Waals surface area contributed by atoms with Gasteiger partial charge >= 0.3 is 0 Å². The standard InChI is InChI=1S/C18H20N4O/c23-16-5-3-15(4-6-16)22-10-8-21(9-11-22)13-14-12-20-18-17(14)2-1-7-19-18/h1-7,12,23H,8-11,13H2,(H,19,20). The van der Waals surface area contributed by atoms with Crippen molar-refractivity contribution < 1.29 is 5.11 Å². The van der Waals surface area contributed by atoms with E-state index >= 15 is 0 Å². The van der Waals surface area contributed by atoms with Crippen molar-refractivity contribution in [2.45, 2.75) is 6.54 Å². The molecule has 0 saturated carbocycles. The predicted molar refractivity (Wildman–Crippen MR) is 91.7 cm³/mol. The van der Waals surface area contributed by atoms with Gasteiger partial charge in [-0.25, -0.2) is 4.98 Å². The van der Waals surface area contributed by atoms with E-state index in [0.29, 0.717) is 5.75 Å². The number of pyridine rings is 1. The van der Waals surface area contributed by atoms with Crippen LogP contribution in [0.15, 0.2) is 48.8 Å². The lowest BCUT2D eigenvalue weighted by Gasteiger charge is -2.36. The summed E-state index contributed by atoms with van der Waals surface area (Å²) in [5.41, 5.74) is 3.45. The molecule has 5 heteroatoms. The Labute approximate surface area is 135 Å². The van der Waals surface area contributed by atoms with Crippen molar-refractivity contribution in [2.24, 2.45) is 0 Å². The number of aromatic hydroxyl groups is 1. The second-order valence-electron chi connectivity index (χ2n) is 5.99. The van der Waals surface area contributed by atoms with Crippen LogP contribution in [0.25, 0.3) is 11.0 Å². The van der Waals surface area contributed by atoms with Gasteiger partial charge in [-0.3, -0.25) is 4.90 Å². The quantitative estimate of drug-likeness (QED) is 0.781. The van der Waals surface area contributed by atoms with Gasteiger partial charge in [0.15, 0.2) is 0 Å². The average Bonchev–Trinajstić information content (AvgIpc) is 3.00. The summed E-state index contributed by atoms with van der Waals surface area (Å²) in [6, 6.07) is 11.6. The molecule has 1 aromatic carbocycles. The Morgan fingerprint density at radius 1 is 1.04 bits per heavy atom. The topological polar surface area (TPSA) is 55.4 Å². The normalized spacial score (nSPS) is 16.1. The van der Waals surface area contributed by atoms with Gasteiger partial charge in [-0.2, -0.15) is 0 Å². The summed E-state index contributed by atoms with van der Waals surface area (Å²) in [5, 5.41) is 10.6. The molecule has 0 atom stereocenters. The second-order valence-corrected chi connectivity index (χ2v) is 5.99. The first kappa shape index (κ1) is 14.1. The van der Waals surface area contributed by atoms with Crippen molar-refractivity contribution in [3.05, 3.63) is 54.4 Å². The number of aromatic amines is 1. The van der Waals surface area contributed by atoms with Gasteiger partial charge < -0.3 is 15.0 Å². The minimum absolute atomic E-state index is 0.320. The average molecular weight is 308 g/mol. The third-order valence-corrected chi connectivity index (χ3v) is 4.52. The Bertz CT molecular complexity index is 788. The number of fused-ring (bicyclic) bond motifs is 1. The van der Waals surface area contributed by atoms with E-state index < -0.39 is 0 Å². The first-order valence-corrected chi connectivity index (χ1v) is 7.97. The summed E-state index contributed by atoms with van der Waals surface area (Å²) in [6.07, 6.45) is 3.89. The molecular weight excluding hydrogens is 288 g/mol. The third-order valence-electron chi connectivity index (χ3n) is 4.52. The van der Waals surface area contributed by atoms with Gasteiger partial charge in [0, 0.05) is 56.2 Å². The molecule has 0 aliphatic carbocycles. The summed E-state index contributed by atoms with van der Waals surface area (Å²) in [6.45, 7) is 5.04. The maximum atomic E-state index is 9.39. The fourth-order valence-corrected chi connectivity index (χ4v) is 3.21. The zero-order valence-electron chi connectivity index (χ0n) is 12.9. The van der Waals surface area contributed by atoms with Gasteiger partial charge in [-0.05, 0) is 42.0 Å². The van der Waals surface area contributed by atoms with Gasteiger partial charge in [0.05, 0.1) is 0 Å². The highest BCUT2D eigenvalue weighted by Crippen LogP contribution is 2.22. The summed E-state index contributed by atoms with van der Waals surface area (Å²) in [5.74, 6) is 0.320. The summed E-state index contributed by atoms with van der Waals surface area (Å²) in [7, 11) is 0. The molecule has 1 saturated heterocycles. The minimum Gasteiger partial charge on any atom is -0.508 e. The number of hydrogen-bond acceptors (Lipinski definition) is 4. The molecule has 23 heavy (non-hydrogen) atoms. The zero-order valence-corrected chi connectivity index (χ0v) is 12.9. The van der Waals surface area contributed by atoms with E-state index in [1.165, 1.54) is 16.6 Å². The first-order valence-electron chi connectivity index (χ1n) is 7.97. The molecule has 1 aliphatic rings. The van der Waals surface area contributed by atoms with Crippen molar-refractivity contribution in [2.75, 3.05) is 31.1 Å². The molecule has 0 bridgehead atoms. The van der Waals surface area contributed by atoms with Crippen LogP contribution in [0.1, 0.15) is 5.56 Å². The summed E-state index contributed by atoms with van der Waals surface area (Å²) < 4.78 is 0. The van der Waals surface area contributed by atoms with Crippen molar-refractivity contribution in [1.82, 2.24) is 14.9 Å². The van der Waals surface area contributed by atoms with Crippen LogP contribution in [-0.2, 0) is 6.54 Å². The van der Waals surface area contributed by atoms with Gasteiger partial charge in [0.1, 0.15) is 11.4 Å². The molecule has 5 nitrogen and oxygen atoms in total. The maximum Gasteiger partial charge on any atom is 0.137 e. The number of aromatic nitrogens is 2. The van der Waals surface area contributed by atoms with E-state index in [0.717, 1.165) is 38.4 Å². The number of nitrogens with one attached hydrogen (secondary N) is 1. The Hall–Kier alpha value is -2.53. The summed E-state index contributed by atoms with van der Waals surface area (Å²) >= 11 is 0. The van der Waals surface area contributed by atoms with Crippen molar-refractivity contribution in [3.63, 3.8) is 0 Å². The molecule has 4 rings (SSSR count). The lowest BCUT2D eigenvalue weighted by Crippen LogP contribution is -2.45. The molecule has 1 fully saturated rings. The summed E-state index contributed by atoms with van der Waals surface area (Å²) in [4.78, 5) is 12.4. The monoisotopic (exact) mass is 308 g/mol. The predicted octanol–water partition coefficient (Wildman–Crippen LogP) is 2.59. The number of hydrogen-bond donors (Lipinski definition) is 2. The molecule has 0 radical (unpaired) electrons. The van der Waals surface area contributed by atoms with Crippen LogP contribution < -0.4 is 4.90 Å². The number of anilines is 1. The third kappa shape index (κ3) is 2.87. The van der Waals surface area contributed by atoms with Crippen molar-refractivity contribution >= 4 is 16.7 Å².